The van der Waals surface area contributed by atoms with Gasteiger partial charge in [0.1, 0.15) is 5.78 Å². The molecule has 2 heteroatoms. The third-order valence-corrected chi connectivity index (χ3v) is 3.17. The SMILES string of the molecule is O=C1CCC[C@]2(O)CCCC12. The lowest BCUT2D eigenvalue weighted by atomic mass is 9.77. The zero-order valence-electron chi connectivity index (χ0n) is 6.68. The van der Waals surface area contributed by atoms with E-state index in [4.69, 9.17) is 0 Å². The summed E-state index contributed by atoms with van der Waals surface area (Å²) >= 11 is 0. The smallest absolute Gasteiger partial charge is 0.138 e. The van der Waals surface area contributed by atoms with Crippen LogP contribution in [0.1, 0.15) is 38.5 Å². The number of Topliss-reactive ketones (excluding diaryl/α,β-unsaturated/α-hetero) is 1. The van der Waals surface area contributed by atoms with Crippen molar-refractivity contribution in [2.75, 3.05) is 0 Å². The van der Waals surface area contributed by atoms with Gasteiger partial charge in [0, 0.05) is 12.3 Å². The van der Waals surface area contributed by atoms with E-state index in [9.17, 15) is 9.90 Å². The Morgan fingerprint density at radius 2 is 2.09 bits per heavy atom. The number of carbonyl (C=O) groups excluding carboxylic acids is 1. The third kappa shape index (κ3) is 1.00. The largest absolute Gasteiger partial charge is 0.389 e. The molecule has 0 radical (unpaired) electrons. The van der Waals surface area contributed by atoms with Crippen LogP contribution >= 0.6 is 0 Å². The molecule has 0 heterocycles. The van der Waals surface area contributed by atoms with Gasteiger partial charge in [-0.05, 0) is 32.1 Å². The first kappa shape index (κ1) is 7.29. The number of ketones is 1. The van der Waals surface area contributed by atoms with Gasteiger partial charge in [-0.25, -0.2) is 0 Å². The molecule has 1 unspecified atom stereocenters. The second-order valence-electron chi connectivity index (χ2n) is 3.87. The minimum atomic E-state index is -0.588. The Hall–Kier alpha value is -0.370. The molecule has 0 aromatic carbocycles. The van der Waals surface area contributed by atoms with Crippen LogP contribution in [0.3, 0.4) is 0 Å². The normalized spacial score (nSPS) is 44.1. The fourth-order valence-corrected chi connectivity index (χ4v) is 2.56. The van der Waals surface area contributed by atoms with Crippen molar-refractivity contribution < 1.29 is 9.90 Å². The molecule has 0 aliphatic heterocycles. The molecule has 11 heavy (non-hydrogen) atoms. The first-order valence-electron chi connectivity index (χ1n) is 4.47. The molecule has 2 nitrogen and oxygen atoms in total. The summed E-state index contributed by atoms with van der Waals surface area (Å²) in [5.74, 6) is 0.299. The molecule has 0 aromatic heterocycles. The summed E-state index contributed by atoms with van der Waals surface area (Å²) in [7, 11) is 0. The van der Waals surface area contributed by atoms with E-state index < -0.39 is 5.60 Å². The van der Waals surface area contributed by atoms with Gasteiger partial charge in [0.05, 0.1) is 5.60 Å². The van der Waals surface area contributed by atoms with Crippen molar-refractivity contribution in [3.05, 3.63) is 0 Å². The molecule has 0 saturated heterocycles. The van der Waals surface area contributed by atoms with Gasteiger partial charge in [-0.2, -0.15) is 0 Å². The zero-order valence-corrected chi connectivity index (χ0v) is 6.68. The monoisotopic (exact) mass is 154 g/mol. The molecule has 2 rings (SSSR count). The van der Waals surface area contributed by atoms with E-state index in [-0.39, 0.29) is 5.92 Å². The average molecular weight is 154 g/mol. The number of aliphatic hydroxyl groups is 1. The van der Waals surface area contributed by atoms with Crippen LogP contribution in [0.4, 0.5) is 0 Å². The number of rotatable bonds is 0. The van der Waals surface area contributed by atoms with E-state index in [0.717, 1.165) is 32.1 Å². The van der Waals surface area contributed by atoms with Crippen LogP contribution in [0.5, 0.6) is 0 Å². The van der Waals surface area contributed by atoms with E-state index in [0.29, 0.717) is 12.2 Å². The van der Waals surface area contributed by atoms with Gasteiger partial charge in [-0.3, -0.25) is 4.79 Å². The average Bonchev–Trinajstić information content (AvgIpc) is 2.31. The summed E-state index contributed by atoms with van der Waals surface area (Å²) in [5.41, 5.74) is -0.588. The lowest BCUT2D eigenvalue weighted by molar-refractivity contribution is -0.135. The minimum absolute atomic E-state index is 0.00347. The summed E-state index contributed by atoms with van der Waals surface area (Å²) in [4.78, 5) is 11.3. The van der Waals surface area contributed by atoms with Gasteiger partial charge in [0.2, 0.25) is 0 Å². The van der Waals surface area contributed by atoms with Crippen molar-refractivity contribution >= 4 is 5.78 Å². The van der Waals surface area contributed by atoms with Gasteiger partial charge < -0.3 is 5.11 Å². The van der Waals surface area contributed by atoms with Crippen molar-refractivity contribution in [2.24, 2.45) is 5.92 Å². The second-order valence-corrected chi connectivity index (χ2v) is 3.87. The predicted octanol–water partition coefficient (Wildman–Crippen LogP) is 1.27. The summed E-state index contributed by atoms with van der Waals surface area (Å²) in [6, 6.07) is 0. The Labute approximate surface area is 66.6 Å². The Morgan fingerprint density at radius 1 is 1.36 bits per heavy atom. The van der Waals surface area contributed by atoms with E-state index in [2.05, 4.69) is 0 Å². The molecule has 1 N–H and O–H groups in total. The highest BCUT2D eigenvalue weighted by Crippen LogP contribution is 2.43. The molecule has 0 bridgehead atoms. The van der Waals surface area contributed by atoms with E-state index in [1.165, 1.54) is 0 Å². The van der Waals surface area contributed by atoms with Crippen LogP contribution in [-0.2, 0) is 4.79 Å². The number of carbonyl (C=O) groups is 1. The summed E-state index contributed by atoms with van der Waals surface area (Å²) in [6.45, 7) is 0. The summed E-state index contributed by atoms with van der Waals surface area (Å²) in [6.07, 6.45) is 5.26. The van der Waals surface area contributed by atoms with Crippen LogP contribution in [0.25, 0.3) is 0 Å². The van der Waals surface area contributed by atoms with Crippen LogP contribution in [0.2, 0.25) is 0 Å². The minimum Gasteiger partial charge on any atom is -0.389 e. The molecule has 2 saturated carbocycles. The van der Waals surface area contributed by atoms with Crippen LogP contribution in [0.15, 0.2) is 0 Å². The lowest BCUT2D eigenvalue weighted by Gasteiger charge is -2.33. The maximum absolute atomic E-state index is 11.3. The molecule has 0 amide bonds. The van der Waals surface area contributed by atoms with Gasteiger partial charge in [0.15, 0.2) is 0 Å². The topological polar surface area (TPSA) is 37.3 Å². The molecule has 2 aliphatic carbocycles. The third-order valence-electron chi connectivity index (χ3n) is 3.17. The van der Waals surface area contributed by atoms with Crippen molar-refractivity contribution in [3.8, 4) is 0 Å². The molecular formula is C9H14O2. The van der Waals surface area contributed by atoms with E-state index >= 15 is 0 Å². The quantitative estimate of drug-likeness (QED) is 0.570. The molecule has 62 valence electrons. The molecular weight excluding hydrogens is 140 g/mol. The molecule has 0 spiro atoms. The number of hydrogen-bond donors (Lipinski definition) is 1. The molecule has 0 aromatic rings. The molecule has 2 aliphatic rings. The van der Waals surface area contributed by atoms with Gasteiger partial charge in [-0.15, -0.1) is 0 Å². The van der Waals surface area contributed by atoms with Gasteiger partial charge in [-0.1, -0.05) is 0 Å². The Bertz CT molecular complexity index is 188. The van der Waals surface area contributed by atoms with Crippen LogP contribution < -0.4 is 0 Å². The summed E-state index contributed by atoms with van der Waals surface area (Å²) in [5, 5.41) is 9.96. The highest BCUT2D eigenvalue weighted by molar-refractivity contribution is 5.83. The van der Waals surface area contributed by atoms with Gasteiger partial charge >= 0.3 is 0 Å². The highest BCUT2D eigenvalue weighted by Gasteiger charge is 2.46. The molecule has 2 atom stereocenters. The highest BCUT2D eigenvalue weighted by atomic mass is 16.3. The Morgan fingerprint density at radius 3 is 2.82 bits per heavy atom. The van der Waals surface area contributed by atoms with Gasteiger partial charge in [0.25, 0.3) is 0 Å². The van der Waals surface area contributed by atoms with Crippen molar-refractivity contribution in [1.29, 1.82) is 0 Å². The standard InChI is InChI=1S/C9H14O2/c10-8-4-2-6-9(11)5-1-3-7(8)9/h7,11H,1-6H2/t7?,9-/m1/s1. The van der Waals surface area contributed by atoms with Crippen LogP contribution in [-0.4, -0.2) is 16.5 Å². The van der Waals surface area contributed by atoms with E-state index in [1.54, 1.807) is 0 Å². The maximum atomic E-state index is 11.3. The van der Waals surface area contributed by atoms with E-state index in [1.807, 2.05) is 0 Å². The first-order valence-corrected chi connectivity index (χ1v) is 4.47. The predicted molar refractivity (Wildman–Crippen MR) is 41.1 cm³/mol. The Balaban J connectivity index is 2.22. The zero-order chi connectivity index (χ0) is 7.90. The number of hydrogen-bond acceptors (Lipinski definition) is 2. The van der Waals surface area contributed by atoms with Crippen LogP contribution in [0, 0.1) is 5.92 Å². The van der Waals surface area contributed by atoms with Crippen molar-refractivity contribution in [2.45, 2.75) is 44.1 Å². The second kappa shape index (κ2) is 2.31. The fourth-order valence-electron chi connectivity index (χ4n) is 2.56. The number of fused-ring (bicyclic) bond motifs is 1. The lowest BCUT2D eigenvalue weighted by Crippen LogP contribution is -2.41. The maximum Gasteiger partial charge on any atom is 0.138 e. The summed E-state index contributed by atoms with van der Waals surface area (Å²) < 4.78 is 0. The fraction of sp³-hybridized carbons (Fsp3) is 0.889. The molecule has 2 fully saturated rings. The van der Waals surface area contributed by atoms with Crippen molar-refractivity contribution in [3.63, 3.8) is 0 Å². The Kier molecular flexibility index (Phi) is 1.53. The first-order chi connectivity index (χ1) is 5.22. The van der Waals surface area contributed by atoms with Crippen molar-refractivity contribution in [1.82, 2.24) is 0 Å².